The highest BCUT2D eigenvalue weighted by Gasteiger charge is 2.32. The molecule has 0 saturated heterocycles. The summed E-state index contributed by atoms with van der Waals surface area (Å²) in [5.74, 6) is 0.157. The Kier molecular flexibility index (Phi) is 3.06. The Hall–Kier alpha value is -1.56. The molecule has 0 aromatic carbocycles. The van der Waals surface area contributed by atoms with Gasteiger partial charge in [-0.25, -0.2) is 4.68 Å². The lowest BCUT2D eigenvalue weighted by molar-refractivity contribution is -0.137. The maximum absolute atomic E-state index is 12.4. The first-order valence-electron chi connectivity index (χ1n) is 4.63. The summed E-state index contributed by atoms with van der Waals surface area (Å²) in [6, 6.07) is 1.56. The monoisotopic (exact) mass is 261 g/mol. The van der Waals surface area contributed by atoms with Crippen LogP contribution in [-0.4, -0.2) is 14.8 Å². The number of halogens is 4. The Morgan fingerprint density at radius 2 is 2.06 bits per heavy atom. The van der Waals surface area contributed by atoms with E-state index in [4.69, 9.17) is 11.6 Å². The van der Waals surface area contributed by atoms with Gasteiger partial charge in [0, 0.05) is 24.2 Å². The topological polar surface area (TPSA) is 30.7 Å². The Morgan fingerprint density at radius 3 is 2.65 bits per heavy atom. The van der Waals surface area contributed by atoms with Gasteiger partial charge in [0.05, 0.1) is 23.3 Å². The van der Waals surface area contributed by atoms with E-state index in [1.807, 2.05) is 0 Å². The van der Waals surface area contributed by atoms with E-state index in [1.165, 1.54) is 12.4 Å². The van der Waals surface area contributed by atoms with E-state index in [2.05, 4.69) is 10.1 Å². The van der Waals surface area contributed by atoms with Crippen LogP contribution in [0.15, 0.2) is 30.9 Å². The van der Waals surface area contributed by atoms with E-state index in [0.29, 0.717) is 11.3 Å². The molecule has 0 radical (unpaired) electrons. The van der Waals surface area contributed by atoms with Gasteiger partial charge in [-0.15, -0.1) is 11.6 Å². The van der Waals surface area contributed by atoms with Crippen LogP contribution in [0.2, 0.25) is 0 Å². The lowest BCUT2D eigenvalue weighted by atomic mass is 10.2. The third-order valence-electron chi connectivity index (χ3n) is 2.18. The van der Waals surface area contributed by atoms with Crippen LogP contribution in [0.5, 0.6) is 0 Å². The number of hydrogen-bond donors (Lipinski definition) is 0. The summed E-state index contributed by atoms with van der Waals surface area (Å²) >= 11 is 5.68. The number of alkyl halides is 4. The first-order valence-corrected chi connectivity index (χ1v) is 5.17. The van der Waals surface area contributed by atoms with Crippen molar-refractivity contribution >= 4 is 11.6 Å². The SMILES string of the molecule is FC(F)(F)c1cnn(-c2ccncc2CCl)c1. The van der Waals surface area contributed by atoms with Gasteiger partial charge in [-0.05, 0) is 6.07 Å². The summed E-state index contributed by atoms with van der Waals surface area (Å²) < 4.78 is 38.4. The molecule has 0 amide bonds. The first kappa shape index (κ1) is 11.9. The van der Waals surface area contributed by atoms with Crippen LogP contribution in [0.4, 0.5) is 13.2 Å². The Bertz CT molecular complexity index is 522. The van der Waals surface area contributed by atoms with E-state index in [9.17, 15) is 13.2 Å². The van der Waals surface area contributed by atoms with Crippen molar-refractivity contribution in [3.05, 3.63) is 42.0 Å². The second-order valence-corrected chi connectivity index (χ2v) is 3.58. The van der Waals surface area contributed by atoms with Gasteiger partial charge in [0.25, 0.3) is 0 Å². The number of hydrogen-bond acceptors (Lipinski definition) is 2. The summed E-state index contributed by atoms with van der Waals surface area (Å²) in [5.41, 5.74) is 0.311. The molecule has 0 N–H and O–H groups in total. The maximum atomic E-state index is 12.4. The molecular formula is C10H7ClF3N3. The molecule has 3 nitrogen and oxygen atoms in total. The largest absolute Gasteiger partial charge is 0.419 e. The second kappa shape index (κ2) is 4.37. The van der Waals surface area contributed by atoms with Crippen LogP contribution in [0.1, 0.15) is 11.1 Å². The molecule has 0 aliphatic heterocycles. The van der Waals surface area contributed by atoms with Crippen molar-refractivity contribution in [3.63, 3.8) is 0 Å². The molecule has 7 heteroatoms. The summed E-state index contributed by atoms with van der Waals surface area (Å²) in [5, 5.41) is 3.67. The average Bonchev–Trinajstić information content (AvgIpc) is 2.77. The van der Waals surface area contributed by atoms with E-state index >= 15 is 0 Å². The van der Waals surface area contributed by atoms with Crippen molar-refractivity contribution in [2.75, 3.05) is 0 Å². The third kappa shape index (κ3) is 2.41. The van der Waals surface area contributed by atoms with Crippen molar-refractivity contribution in [3.8, 4) is 5.69 Å². The zero-order valence-electron chi connectivity index (χ0n) is 8.45. The highest BCUT2D eigenvalue weighted by atomic mass is 35.5. The number of rotatable bonds is 2. The predicted octanol–water partition coefficient (Wildman–Crippen LogP) is 3.02. The van der Waals surface area contributed by atoms with Crippen LogP contribution in [0, 0.1) is 0 Å². The van der Waals surface area contributed by atoms with Gasteiger partial charge < -0.3 is 0 Å². The fourth-order valence-electron chi connectivity index (χ4n) is 1.35. The van der Waals surface area contributed by atoms with Crippen LogP contribution in [0.3, 0.4) is 0 Å². The molecule has 0 aliphatic carbocycles. The molecule has 0 fully saturated rings. The zero-order valence-corrected chi connectivity index (χ0v) is 9.20. The van der Waals surface area contributed by atoms with Crippen molar-refractivity contribution in [1.82, 2.24) is 14.8 Å². The molecule has 90 valence electrons. The van der Waals surface area contributed by atoms with Crippen molar-refractivity contribution < 1.29 is 13.2 Å². The fourth-order valence-corrected chi connectivity index (χ4v) is 1.55. The highest BCUT2D eigenvalue weighted by molar-refractivity contribution is 6.17. The van der Waals surface area contributed by atoms with Gasteiger partial charge in [0.15, 0.2) is 0 Å². The molecule has 2 aromatic heterocycles. The standard InChI is InChI=1S/C10H7ClF3N3/c11-3-7-4-15-2-1-9(7)17-6-8(5-16-17)10(12,13)14/h1-2,4-6H,3H2. The van der Waals surface area contributed by atoms with E-state index in [0.717, 1.165) is 17.1 Å². The van der Waals surface area contributed by atoms with Crippen molar-refractivity contribution in [2.45, 2.75) is 12.1 Å². The van der Waals surface area contributed by atoms with Crippen molar-refractivity contribution in [1.29, 1.82) is 0 Å². The molecule has 17 heavy (non-hydrogen) atoms. The van der Waals surface area contributed by atoms with Crippen molar-refractivity contribution in [2.24, 2.45) is 0 Å². The van der Waals surface area contributed by atoms with Crippen LogP contribution >= 0.6 is 11.6 Å². The predicted molar refractivity (Wildman–Crippen MR) is 55.9 cm³/mol. The molecule has 0 spiro atoms. The number of aromatic nitrogens is 3. The summed E-state index contributed by atoms with van der Waals surface area (Å²) in [6.07, 6.45) is 0.272. The van der Waals surface area contributed by atoms with E-state index in [-0.39, 0.29) is 5.88 Å². The molecule has 0 saturated carbocycles. The van der Waals surface area contributed by atoms with E-state index in [1.54, 1.807) is 6.07 Å². The average molecular weight is 262 g/mol. The van der Waals surface area contributed by atoms with Gasteiger partial charge in [-0.1, -0.05) is 0 Å². The lowest BCUT2D eigenvalue weighted by Gasteiger charge is -2.06. The zero-order chi connectivity index (χ0) is 12.5. The molecule has 2 heterocycles. The third-order valence-corrected chi connectivity index (χ3v) is 2.47. The Labute approximate surface area is 99.8 Å². The molecule has 0 unspecified atom stereocenters. The van der Waals surface area contributed by atoms with Gasteiger partial charge in [0.1, 0.15) is 0 Å². The number of pyridine rings is 1. The highest BCUT2D eigenvalue weighted by Crippen LogP contribution is 2.29. The smallest absolute Gasteiger partial charge is 0.264 e. The first-order chi connectivity index (χ1) is 8.02. The lowest BCUT2D eigenvalue weighted by Crippen LogP contribution is -2.03. The minimum absolute atomic E-state index is 0.157. The molecule has 0 atom stereocenters. The molecule has 2 rings (SSSR count). The Balaban J connectivity index is 2.44. The van der Waals surface area contributed by atoms with Gasteiger partial charge >= 0.3 is 6.18 Å². The minimum Gasteiger partial charge on any atom is -0.264 e. The van der Waals surface area contributed by atoms with Gasteiger partial charge in [-0.3, -0.25) is 4.98 Å². The summed E-state index contributed by atoms with van der Waals surface area (Å²) in [7, 11) is 0. The second-order valence-electron chi connectivity index (χ2n) is 3.31. The quantitative estimate of drug-likeness (QED) is 0.778. The molecular weight excluding hydrogens is 255 g/mol. The van der Waals surface area contributed by atoms with Crippen LogP contribution in [0.25, 0.3) is 5.69 Å². The Morgan fingerprint density at radius 1 is 1.29 bits per heavy atom. The van der Waals surface area contributed by atoms with E-state index < -0.39 is 11.7 Å². The summed E-state index contributed by atoms with van der Waals surface area (Å²) in [6.45, 7) is 0. The minimum atomic E-state index is -4.40. The maximum Gasteiger partial charge on any atom is 0.419 e. The fraction of sp³-hybridized carbons (Fsp3) is 0.200. The molecule has 0 bridgehead atoms. The van der Waals surface area contributed by atoms with Crippen LogP contribution in [-0.2, 0) is 12.1 Å². The summed E-state index contributed by atoms with van der Waals surface area (Å²) in [4.78, 5) is 3.85. The molecule has 0 aliphatic rings. The van der Waals surface area contributed by atoms with Gasteiger partial charge in [-0.2, -0.15) is 18.3 Å². The molecule has 2 aromatic rings. The number of nitrogens with zero attached hydrogens (tertiary/aromatic N) is 3. The normalized spacial score (nSPS) is 11.8. The van der Waals surface area contributed by atoms with Gasteiger partial charge in [0.2, 0.25) is 0 Å². The van der Waals surface area contributed by atoms with Crippen LogP contribution < -0.4 is 0 Å².